The Hall–Kier alpha value is -0.860. The van der Waals surface area contributed by atoms with Gasteiger partial charge in [0.25, 0.3) is 0 Å². The lowest BCUT2D eigenvalue weighted by atomic mass is 9.89. The molecule has 1 N–H and O–H groups in total. The number of nitrogens with one attached hydrogen (secondary N) is 1. The number of hydrogen-bond donors (Lipinski definition) is 1. The van der Waals surface area contributed by atoms with E-state index in [1.54, 1.807) is 0 Å². The summed E-state index contributed by atoms with van der Waals surface area (Å²) >= 11 is 2.23. The topological polar surface area (TPSA) is 50.8 Å². The number of amides is 2. The van der Waals surface area contributed by atoms with Crippen molar-refractivity contribution in [3.63, 3.8) is 0 Å². The van der Waals surface area contributed by atoms with Gasteiger partial charge in [-0.2, -0.15) is 0 Å². The van der Waals surface area contributed by atoms with Crippen LogP contribution < -0.4 is 5.32 Å². The molecule has 0 aromatic heterocycles. The summed E-state index contributed by atoms with van der Waals surface area (Å²) in [6.45, 7) is 4.84. The van der Waals surface area contributed by atoms with Crippen LogP contribution in [-0.2, 0) is 9.47 Å². The minimum atomic E-state index is -0.461. The van der Waals surface area contributed by atoms with Gasteiger partial charge in [0.05, 0.1) is 18.9 Å². The second kappa shape index (κ2) is 6.72. The molecule has 2 aliphatic heterocycles. The fourth-order valence-electron chi connectivity index (χ4n) is 3.13. The van der Waals surface area contributed by atoms with Crippen molar-refractivity contribution in [1.29, 1.82) is 0 Å². The minimum absolute atomic E-state index is 0.0269. The van der Waals surface area contributed by atoms with Crippen molar-refractivity contribution in [2.45, 2.75) is 25.6 Å². The lowest BCUT2D eigenvalue weighted by Gasteiger charge is -2.39. The van der Waals surface area contributed by atoms with Gasteiger partial charge < -0.3 is 19.7 Å². The van der Waals surface area contributed by atoms with E-state index in [1.807, 2.05) is 36.1 Å². The first-order valence-electron chi connectivity index (χ1n) is 7.67. The standard InChI is InChI=1S/C16H21IN2O3/c1-16(21-10-11-22-16)12-6-8-19(9-7-12)15(20)18-14-5-3-2-4-13(14)17/h2-5,12H,6-11H2,1H3,(H,18,20). The van der Waals surface area contributed by atoms with Crippen molar-refractivity contribution in [2.75, 3.05) is 31.6 Å². The highest BCUT2D eigenvalue weighted by Gasteiger charge is 2.41. The van der Waals surface area contributed by atoms with Crippen LogP contribution in [0.2, 0.25) is 0 Å². The highest BCUT2D eigenvalue weighted by atomic mass is 127. The Kier molecular flexibility index (Phi) is 4.89. The number of carbonyl (C=O) groups is 1. The number of rotatable bonds is 2. The molecule has 2 fully saturated rings. The second-order valence-electron chi connectivity index (χ2n) is 5.88. The SMILES string of the molecule is CC1(C2CCN(C(=O)Nc3ccccc3I)CC2)OCCO1. The number of carbonyl (C=O) groups excluding carboxylic acids is 1. The maximum absolute atomic E-state index is 12.4. The van der Waals surface area contributed by atoms with Crippen LogP contribution in [0.3, 0.4) is 0 Å². The Morgan fingerprint density at radius 2 is 1.91 bits per heavy atom. The van der Waals surface area contributed by atoms with E-state index in [-0.39, 0.29) is 6.03 Å². The summed E-state index contributed by atoms with van der Waals surface area (Å²) in [6, 6.07) is 7.78. The summed E-state index contributed by atoms with van der Waals surface area (Å²) in [6.07, 6.45) is 1.83. The summed E-state index contributed by atoms with van der Waals surface area (Å²) in [7, 11) is 0. The molecule has 0 aliphatic carbocycles. The van der Waals surface area contributed by atoms with Gasteiger partial charge in [-0.1, -0.05) is 12.1 Å². The lowest BCUT2D eigenvalue weighted by molar-refractivity contribution is -0.189. The number of urea groups is 1. The molecule has 0 saturated carbocycles. The molecule has 5 nitrogen and oxygen atoms in total. The monoisotopic (exact) mass is 416 g/mol. The number of nitrogens with zero attached hydrogens (tertiary/aromatic N) is 1. The van der Waals surface area contributed by atoms with E-state index in [0.717, 1.165) is 35.2 Å². The summed E-state index contributed by atoms with van der Waals surface area (Å²) < 4.78 is 12.5. The van der Waals surface area contributed by atoms with Crippen LogP contribution in [0.15, 0.2) is 24.3 Å². The molecule has 0 spiro atoms. The summed E-state index contributed by atoms with van der Waals surface area (Å²) in [4.78, 5) is 14.2. The minimum Gasteiger partial charge on any atom is -0.348 e. The zero-order valence-electron chi connectivity index (χ0n) is 12.7. The second-order valence-corrected chi connectivity index (χ2v) is 7.05. The van der Waals surface area contributed by atoms with Gasteiger partial charge in [-0.3, -0.25) is 0 Å². The Morgan fingerprint density at radius 1 is 1.27 bits per heavy atom. The average molecular weight is 416 g/mol. The van der Waals surface area contributed by atoms with Crippen LogP contribution >= 0.6 is 22.6 Å². The highest BCUT2D eigenvalue weighted by Crippen LogP contribution is 2.35. The smallest absolute Gasteiger partial charge is 0.321 e. The van der Waals surface area contributed by atoms with Crippen molar-refractivity contribution in [3.05, 3.63) is 27.8 Å². The molecule has 2 aliphatic rings. The molecule has 2 heterocycles. The van der Waals surface area contributed by atoms with E-state index in [1.165, 1.54) is 0 Å². The van der Waals surface area contributed by atoms with Gasteiger partial charge >= 0.3 is 6.03 Å². The molecule has 0 bridgehead atoms. The first-order chi connectivity index (χ1) is 10.6. The molecule has 0 unspecified atom stereocenters. The molecule has 0 atom stereocenters. The highest BCUT2D eigenvalue weighted by molar-refractivity contribution is 14.1. The molecule has 22 heavy (non-hydrogen) atoms. The van der Waals surface area contributed by atoms with Gasteiger partial charge in [0.15, 0.2) is 5.79 Å². The van der Waals surface area contributed by atoms with Crippen molar-refractivity contribution in [2.24, 2.45) is 5.92 Å². The Bertz CT molecular complexity index is 538. The summed E-state index contributed by atoms with van der Waals surface area (Å²) in [5.41, 5.74) is 0.865. The summed E-state index contributed by atoms with van der Waals surface area (Å²) in [5, 5.41) is 2.99. The average Bonchev–Trinajstić information content (AvgIpc) is 2.98. The van der Waals surface area contributed by atoms with Crippen LogP contribution in [0.5, 0.6) is 0 Å². The van der Waals surface area contributed by atoms with Crippen molar-refractivity contribution < 1.29 is 14.3 Å². The molecular weight excluding hydrogens is 395 g/mol. The maximum Gasteiger partial charge on any atom is 0.321 e. The zero-order valence-corrected chi connectivity index (χ0v) is 14.8. The Labute approximate surface area is 144 Å². The third kappa shape index (κ3) is 3.38. The van der Waals surface area contributed by atoms with Crippen LogP contribution in [0.25, 0.3) is 0 Å². The third-order valence-electron chi connectivity index (χ3n) is 4.50. The zero-order chi connectivity index (χ0) is 15.6. The number of para-hydroxylation sites is 1. The van der Waals surface area contributed by atoms with Gasteiger partial charge in [0.2, 0.25) is 0 Å². The van der Waals surface area contributed by atoms with E-state index in [2.05, 4.69) is 27.9 Å². The molecule has 2 saturated heterocycles. The number of halogens is 1. The number of benzene rings is 1. The Morgan fingerprint density at radius 3 is 2.55 bits per heavy atom. The number of ether oxygens (including phenoxy) is 2. The Balaban J connectivity index is 1.55. The van der Waals surface area contributed by atoms with E-state index in [9.17, 15) is 4.79 Å². The van der Waals surface area contributed by atoms with Crippen LogP contribution in [0.1, 0.15) is 19.8 Å². The van der Waals surface area contributed by atoms with Crippen molar-refractivity contribution in [3.8, 4) is 0 Å². The lowest BCUT2D eigenvalue weighted by Crippen LogP contribution is -2.47. The quantitative estimate of drug-likeness (QED) is 0.753. The molecule has 2 amide bonds. The predicted octanol–water partition coefficient (Wildman–Crippen LogP) is 3.30. The number of hydrogen-bond acceptors (Lipinski definition) is 3. The van der Waals surface area contributed by atoms with Gasteiger partial charge in [-0.05, 0) is 54.5 Å². The normalized spacial score (nSPS) is 21.8. The third-order valence-corrected chi connectivity index (χ3v) is 5.44. The van der Waals surface area contributed by atoms with Crippen LogP contribution in [-0.4, -0.2) is 43.0 Å². The van der Waals surface area contributed by atoms with Crippen molar-refractivity contribution >= 4 is 34.3 Å². The molecule has 3 rings (SSSR count). The van der Waals surface area contributed by atoms with Crippen LogP contribution in [0, 0.1) is 9.49 Å². The summed E-state index contributed by atoms with van der Waals surface area (Å²) in [5.74, 6) is -0.104. The van der Waals surface area contributed by atoms with Gasteiger partial charge in [-0.25, -0.2) is 4.79 Å². The van der Waals surface area contributed by atoms with E-state index >= 15 is 0 Å². The molecule has 120 valence electrons. The number of anilines is 1. The van der Waals surface area contributed by atoms with E-state index in [0.29, 0.717) is 19.1 Å². The fourth-order valence-corrected chi connectivity index (χ4v) is 3.65. The predicted molar refractivity (Wildman–Crippen MR) is 92.8 cm³/mol. The number of likely N-dealkylation sites (tertiary alicyclic amines) is 1. The van der Waals surface area contributed by atoms with E-state index in [4.69, 9.17) is 9.47 Å². The molecule has 0 radical (unpaired) electrons. The fraction of sp³-hybridized carbons (Fsp3) is 0.562. The van der Waals surface area contributed by atoms with Gasteiger partial charge in [0.1, 0.15) is 0 Å². The van der Waals surface area contributed by atoms with Crippen molar-refractivity contribution in [1.82, 2.24) is 4.90 Å². The number of piperidine rings is 1. The molecule has 1 aromatic rings. The molecule has 6 heteroatoms. The first-order valence-corrected chi connectivity index (χ1v) is 8.75. The van der Waals surface area contributed by atoms with Gasteiger partial charge in [-0.15, -0.1) is 0 Å². The largest absolute Gasteiger partial charge is 0.348 e. The van der Waals surface area contributed by atoms with Gasteiger partial charge in [0, 0.05) is 22.6 Å². The van der Waals surface area contributed by atoms with E-state index < -0.39 is 5.79 Å². The van der Waals surface area contributed by atoms with Crippen LogP contribution in [0.4, 0.5) is 10.5 Å². The maximum atomic E-state index is 12.4. The molecule has 1 aromatic carbocycles. The first kappa shape index (κ1) is 16.0. The molecular formula is C16H21IN2O3.